The first-order valence-electron chi connectivity index (χ1n) is 9.02. The molecular formula is C17H34N2O3. The molecule has 130 valence electrons. The summed E-state index contributed by atoms with van der Waals surface area (Å²) in [6.07, 6.45) is 9.07. The maximum Gasteiger partial charge on any atom is 0.101 e. The molecule has 0 amide bonds. The second-order valence-corrected chi connectivity index (χ2v) is 6.73. The molecule has 1 unspecified atom stereocenters. The number of ether oxygens (including phenoxy) is 3. The van der Waals surface area contributed by atoms with Crippen molar-refractivity contribution in [2.45, 2.75) is 70.4 Å². The molecule has 0 aromatic carbocycles. The van der Waals surface area contributed by atoms with E-state index in [4.69, 9.17) is 14.2 Å². The highest BCUT2D eigenvalue weighted by molar-refractivity contribution is 4.95. The Morgan fingerprint density at radius 2 is 1.73 bits per heavy atom. The molecule has 3 fully saturated rings. The third kappa shape index (κ3) is 5.17. The Labute approximate surface area is 135 Å². The van der Waals surface area contributed by atoms with E-state index >= 15 is 0 Å². The van der Waals surface area contributed by atoms with Crippen LogP contribution in [0.25, 0.3) is 0 Å². The maximum absolute atomic E-state index is 5.46. The van der Waals surface area contributed by atoms with E-state index in [0.717, 1.165) is 40.0 Å². The lowest BCUT2D eigenvalue weighted by Crippen LogP contribution is -2.42. The number of hydrogen-bond donors (Lipinski definition) is 1. The second-order valence-electron chi connectivity index (χ2n) is 6.73. The molecule has 3 aliphatic rings. The summed E-state index contributed by atoms with van der Waals surface area (Å²) in [5.41, 5.74) is 0.246. The Morgan fingerprint density at radius 3 is 2.32 bits per heavy atom. The number of unbranched alkanes of at least 4 members (excludes halogenated alkanes) is 3. The van der Waals surface area contributed by atoms with E-state index < -0.39 is 0 Å². The van der Waals surface area contributed by atoms with E-state index in [0.29, 0.717) is 6.04 Å². The Balaban J connectivity index is 0.000000164. The minimum atomic E-state index is 0.246. The lowest BCUT2D eigenvalue weighted by Gasteiger charge is -2.26. The first kappa shape index (κ1) is 18.1. The highest BCUT2D eigenvalue weighted by Crippen LogP contribution is 2.32. The predicted octanol–water partition coefficient (Wildman–Crippen LogP) is 2.71. The molecule has 3 heterocycles. The summed E-state index contributed by atoms with van der Waals surface area (Å²) in [6.45, 7) is 9.42. The van der Waals surface area contributed by atoms with Crippen LogP contribution in [0.2, 0.25) is 0 Å². The predicted molar refractivity (Wildman–Crippen MR) is 87.6 cm³/mol. The molecule has 3 aliphatic heterocycles. The average molecular weight is 314 g/mol. The standard InChI is InChI=1S/C9H17NO2.C8H17NO/c1-2-3-4-9-5-11-7-10(9)8-12-6-9;1-2-3-4-5-8-6-10-7-9-8/h2-8H2,1H3;8-9H,2-7H2,1H3. The van der Waals surface area contributed by atoms with E-state index in [1.54, 1.807) is 0 Å². The Bertz CT molecular complexity index is 286. The molecule has 5 nitrogen and oxygen atoms in total. The smallest absolute Gasteiger partial charge is 0.101 e. The van der Waals surface area contributed by atoms with Crippen LogP contribution in [0.1, 0.15) is 58.8 Å². The summed E-state index contributed by atoms with van der Waals surface area (Å²) in [5, 5.41) is 3.29. The van der Waals surface area contributed by atoms with Gasteiger partial charge in [-0.2, -0.15) is 0 Å². The van der Waals surface area contributed by atoms with Crippen molar-refractivity contribution in [2.24, 2.45) is 0 Å². The van der Waals surface area contributed by atoms with Crippen LogP contribution in [0.4, 0.5) is 0 Å². The van der Waals surface area contributed by atoms with Gasteiger partial charge in [0.05, 0.1) is 32.1 Å². The van der Waals surface area contributed by atoms with Crippen LogP contribution in [-0.2, 0) is 14.2 Å². The highest BCUT2D eigenvalue weighted by atomic mass is 16.6. The fraction of sp³-hybridized carbons (Fsp3) is 1.00. The van der Waals surface area contributed by atoms with Gasteiger partial charge in [-0.05, 0) is 12.8 Å². The van der Waals surface area contributed by atoms with Crippen molar-refractivity contribution in [3.05, 3.63) is 0 Å². The normalized spacial score (nSPS) is 26.7. The summed E-state index contributed by atoms with van der Waals surface area (Å²) >= 11 is 0. The van der Waals surface area contributed by atoms with Crippen LogP contribution >= 0.6 is 0 Å². The molecule has 1 atom stereocenters. The van der Waals surface area contributed by atoms with Gasteiger partial charge in [0.2, 0.25) is 0 Å². The van der Waals surface area contributed by atoms with E-state index in [-0.39, 0.29) is 5.54 Å². The topological polar surface area (TPSA) is 43.0 Å². The maximum atomic E-state index is 5.46. The summed E-state index contributed by atoms with van der Waals surface area (Å²) in [7, 11) is 0. The van der Waals surface area contributed by atoms with E-state index in [9.17, 15) is 0 Å². The molecule has 1 N–H and O–H groups in total. The fourth-order valence-corrected chi connectivity index (χ4v) is 3.30. The van der Waals surface area contributed by atoms with Crippen LogP contribution in [0.3, 0.4) is 0 Å². The Morgan fingerprint density at radius 1 is 1.00 bits per heavy atom. The molecule has 5 heteroatoms. The molecule has 0 bridgehead atoms. The SMILES string of the molecule is CCCCC12COCN1COC2.CCCCCC1COCN1. The lowest BCUT2D eigenvalue weighted by atomic mass is 9.95. The van der Waals surface area contributed by atoms with Crippen molar-refractivity contribution in [1.82, 2.24) is 10.2 Å². The van der Waals surface area contributed by atoms with Crippen molar-refractivity contribution in [2.75, 3.05) is 40.0 Å². The van der Waals surface area contributed by atoms with Crippen molar-refractivity contribution >= 4 is 0 Å². The minimum absolute atomic E-state index is 0.246. The lowest BCUT2D eigenvalue weighted by molar-refractivity contribution is 0.0695. The molecule has 3 rings (SSSR count). The summed E-state index contributed by atoms with van der Waals surface area (Å²) in [6, 6.07) is 0.645. The summed E-state index contributed by atoms with van der Waals surface area (Å²) in [5.74, 6) is 0. The van der Waals surface area contributed by atoms with E-state index in [2.05, 4.69) is 24.1 Å². The molecule has 0 aromatic heterocycles. The van der Waals surface area contributed by atoms with Crippen molar-refractivity contribution < 1.29 is 14.2 Å². The van der Waals surface area contributed by atoms with Crippen LogP contribution in [0.5, 0.6) is 0 Å². The summed E-state index contributed by atoms with van der Waals surface area (Å²) in [4.78, 5) is 2.32. The first-order chi connectivity index (χ1) is 10.8. The van der Waals surface area contributed by atoms with Gasteiger partial charge in [0.25, 0.3) is 0 Å². The van der Waals surface area contributed by atoms with Gasteiger partial charge in [-0.15, -0.1) is 0 Å². The number of nitrogens with one attached hydrogen (secondary N) is 1. The molecule has 0 radical (unpaired) electrons. The number of nitrogens with zero attached hydrogens (tertiary/aromatic N) is 1. The van der Waals surface area contributed by atoms with Gasteiger partial charge in [-0.1, -0.05) is 46.0 Å². The minimum Gasteiger partial charge on any atom is -0.365 e. The van der Waals surface area contributed by atoms with Gasteiger partial charge < -0.3 is 14.2 Å². The molecule has 0 aliphatic carbocycles. The molecule has 0 aromatic rings. The van der Waals surface area contributed by atoms with Gasteiger partial charge in [-0.25, -0.2) is 4.90 Å². The first-order valence-corrected chi connectivity index (χ1v) is 9.02. The van der Waals surface area contributed by atoms with Crippen LogP contribution in [-0.4, -0.2) is 56.5 Å². The third-order valence-electron chi connectivity index (χ3n) is 4.85. The zero-order chi connectivity index (χ0) is 15.7. The average Bonchev–Trinajstić information content (AvgIpc) is 3.23. The number of hydrogen-bond acceptors (Lipinski definition) is 5. The van der Waals surface area contributed by atoms with Gasteiger partial charge in [0.15, 0.2) is 0 Å². The second kappa shape index (κ2) is 9.83. The monoisotopic (exact) mass is 314 g/mol. The fourth-order valence-electron chi connectivity index (χ4n) is 3.30. The van der Waals surface area contributed by atoms with Crippen LogP contribution in [0.15, 0.2) is 0 Å². The Hall–Kier alpha value is -0.200. The molecule has 22 heavy (non-hydrogen) atoms. The van der Waals surface area contributed by atoms with Gasteiger partial charge in [0, 0.05) is 6.04 Å². The van der Waals surface area contributed by atoms with Gasteiger partial charge in [0.1, 0.15) is 13.5 Å². The molecule has 3 saturated heterocycles. The summed E-state index contributed by atoms with van der Waals surface area (Å²) < 4.78 is 16.1. The zero-order valence-corrected chi connectivity index (χ0v) is 14.4. The van der Waals surface area contributed by atoms with Crippen molar-refractivity contribution in [1.29, 1.82) is 0 Å². The largest absolute Gasteiger partial charge is 0.365 e. The van der Waals surface area contributed by atoms with Crippen molar-refractivity contribution in [3.63, 3.8) is 0 Å². The number of rotatable bonds is 7. The van der Waals surface area contributed by atoms with E-state index in [1.165, 1.54) is 44.9 Å². The molecular weight excluding hydrogens is 280 g/mol. The van der Waals surface area contributed by atoms with E-state index in [1.807, 2.05) is 0 Å². The third-order valence-corrected chi connectivity index (χ3v) is 4.85. The number of fused-ring (bicyclic) bond motifs is 1. The molecule has 0 spiro atoms. The van der Waals surface area contributed by atoms with Crippen molar-refractivity contribution in [3.8, 4) is 0 Å². The highest BCUT2D eigenvalue weighted by Gasteiger charge is 2.45. The van der Waals surface area contributed by atoms with Gasteiger partial charge in [-0.3, -0.25) is 5.32 Å². The van der Waals surface area contributed by atoms with Crippen LogP contribution in [0, 0.1) is 0 Å². The molecule has 0 saturated carbocycles. The quantitative estimate of drug-likeness (QED) is 0.732. The van der Waals surface area contributed by atoms with Gasteiger partial charge >= 0.3 is 0 Å². The zero-order valence-electron chi connectivity index (χ0n) is 14.4. The Kier molecular flexibility index (Phi) is 8.11. The van der Waals surface area contributed by atoms with Crippen LogP contribution < -0.4 is 5.32 Å².